The van der Waals surface area contributed by atoms with E-state index in [9.17, 15) is 22.0 Å². The van der Waals surface area contributed by atoms with Crippen LogP contribution in [0.25, 0.3) is 10.9 Å². The number of benzene rings is 2. The summed E-state index contributed by atoms with van der Waals surface area (Å²) < 4.78 is 85.6. The maximum Gasteiger partial charge on any atom is 0.419 e. The summed E-state index contributed by atoms with van der Waals surface area (Å²) in [6.45, 7) is 5.75. The van der Waals surface area contributed by atoms with Gasteiger partial charge in [-0.1, -0.05) is 0 Å². The van der Waals surface area contributed by atoms with Gasteiger partial charge < -0.3 is 19.5 Å². The topological polar surface area (TPSA) is 65.5 Å². The molecule has 0 aliphatic heterocycles. The normalized spacial score (nSPS) is 15.8. The number of hydrogen-bond donors (Lipinski definition) is 1. The van der Waals surface area contributed by atoms with Gasteiger partial charge in [-0.15, -0.1) is 0 Å². The first-order valence-corrected chi connectivity index (χ1v) is 11.9. The Kier molecular flexibility index (Phi) is 7.45. The molecule has 1 N–H and O–H groups in total. The lowest BCUT2D eigenvalue weighted by Crippen LogP contribution is -2.37. The average molecular weight is 526 g/mol. The molecule has 1 atom stereocenters. The molecule has 1 aromatic heterocycles. The van der Waals surface area contributed by atoms with Crippen molar-refractivity contribution in [1.82, 2.24) is 9.97 Å². The lowest BCUT2D eigenvalue weighted by atomic mass is 9.82. The molecule has 3 aromatic rings. The van der Waals surface area contributed by atoms with Crippen LogP contribution in [0.2, 0.25) is 0 Å². The molecule has 1 aliphatic rings. The van der Waals surface area contributed by atoms with Crippen molar-refractivity contribution in [3.8, 4) is 11.5 Å². The highest BCUT2D eigenvalue weighted by molar-refractivity contribution is 5.92. The number of fused-ring (bicyclic) bond motifs is 1. The van der Waals surface area contributed by atoms with Crippen LogP contribution in [0.1, 0.15) is 56.1 Å². The molecule has 4 rings (SSSR count). The van der Waals surface area contributed by atoms with Crippen LogP contribution in [0.5, 0.6) is 11.5 Å². The first kappa shape index (κ1) is 26.8. The molecule has 1 heterocycles. The molecule has 1 aliphatic carbocycles. The van der Waals surface area contributed by atoms with E-state index < -0.39 is 35.0 Å². The van der Waals surface area contributed by atoms with Crippen LogP contribution >= 0.6 is 0 Å². The predicted octanol–water partition coefficient (Wildman–Crippen LogP) is 6.75. The number of rotatable bonds is 9. The Morgan fingerprint density at radius 2 is 1.78 bits per heavy atom. The van der Waals surface area contributed by atoms with Crippen LogP contribution in [-0.4, -0.2) is 35.9 Å². The summed E-state index contributed by atoms with van der Waals surface area (Å²) in [5.74, 6) is -1.36. The molecule has 2 aromatic carbocycles. The molecular formula is C26H28F5N3O3. The number of ether oxygens (including phenoxy) is 3. The Morgan fingerprint density at radius 3 is 2.41 bits per heavy atom. The van der Waals surface area contributed by atoms with E-state index in [1.54, 1.807) is 19.1 Å². The number of hydrogen-bond acceptors (Lipinski definition) is 6. The third-order valence-electron chi connectivity index (χ3n) is 6.49. The van der Waals surface area contributed by atoms with Crippen LogP contribution in [-0.2, 0) is 10.9 Å². The minimum atomic E-state index is -5.04. The van der Waals surface area contributed by atoms with Gasteiger partial charge >= 0.3 is 6.18 Å². The van der Waals surface area contributed by atoms with Crippen molar-refractivity contribution in [2.75, 3.05) is 25.6 Å². The van der Waals surface area contributed by atoms with E-state index in [0.29, 0.717) is 34.8 Å². The second kappa shape index (κ2) is 10.3. The molecule has 1 saturated carbocycles. The largest absolute Gasteiger partial charge is 0.493 e. The van der Waals surface area contributed by atoms with Crippen molar-refractivity contribution in [2.24, 2.45) is 0 Å². The third-order valence-corrected chi connectivity index (χ3v) is 6.49. The second-order valence-electron chi connectivity index (χ2n) is 9.36. The summed E-state index contributed by atoms with van der Waals surface area (Å²) in [7, 11) is 1.49. The number of alkyl halides is 3. The van der Waals surface area contributed by atoms with E-state index in [-0.39, 0.29) is 24.1 Å². The first-order valence-electron chi connectivity index (χ1n) is 11.9. The highest BCUT2D eigenvalue weighted by Gasteiger charge is 2.36. The second-order valence-corrected chi connectivity index (χ2v) is 9.36. The summed E-state index contributed by atoms with van der Waals surface area (Å²) in [4.78, 5) is 8.75. The number of aromatic nitrogens is 2. The zero-order valence-corrected chi connectivity index (χ0v) is 20.9. The Hall–Kier alpha value is -3.21. The fourth-order valence-electron chi connectivity index (χ4n) is 4.31. The number of aryl methyl sites for hydroxylation is 1. The Labute approximate surface area is 211 Å². The number of anilines is 1. The highest BCUT2D eigenvalue weighted by atomic mass is 19.4. The maximum absolute atomic E-state index is 14.7. The first-order chi connectivity index (χ1) is 17.4. The Bertz CT molecular complexity index is 1290. The molecule has 0 spiro atoms. The Balaban J connectivity index is 1.63. The molecule has 11 heteroatoms. The quantitative estimate of drug-likeness (QED) is 0.246. The molecule has 37 heavy (non-hydrogen) atoms. The van der Waals surface area contributed by atoms with Crippen molar-refractivity contribution in [3.63, 3.8) is 0 Å². The van der Waals surface area contributed by atoms with Gasteiger partial charge in [-0.25, -0.2) is 18.7 Å². The van der Waals surface area contributed by atoms with Crippen LogP contribution in [0, 0.1) is 18.6 Å². The van der Waals surface area contributed by atoms with Gasteiger partial charge in [-0.2, -0.15) is 13.2 Å². The molecule has 0 saturated heterocycles. The van der Waals surface area contributed by atoms with Crippen LogP contribution < -0.4 is 14.8 Å². The van der Waals surface area contributed by atoms with Gasteiger partial charge in [0.05, 0.1) is 36.4 Å². The fraction of sp³-hybridized carbons (Fsp3) is 0.462. The van der Waals surface area contributed by atoms with E-state index >= 15 is 0 Å². The summed E-state index contributed by atoms with van der Waals surface area (Å²) in [6, 6.07) is 3.10. The molecule has 6 nitrogen and oxygen atoms in total. The van der Waals surface area contributed by atoms with E-state index in [4.69, 9.17) is 14.2 Å². The lowest BCUT2D eigenvalue weighted by Gasteiger charge is -2.38. The Morgan fingerprint density at radius 1 is 1.05 bits per heavy atom. The standard InChI is InChI=1S/C26H28F5N3O3/c1-14(17-10-16(27)11-19(23(17)28)26(29,30)31)32-24-18-12-22(36-8-9-37-25(3)6-5-7-25)21(35-4)13-20(18)33-15(2)34-24/h10-14H,5-9H2,1-4H3,(H,32,33,34)/t14-/m1/s1. The van der Waals surface area contributed by atoms with Crippen LogP contribution in [0.3, 0.4) is 0 Å². The van der Waals surface area contributed by atoms with E-state index in [2.05, 4.69) is 22.2 Å². The van der Waals surface area contributed by atoms with E-state index in [1.165, 1.54) is 14.0 Å². The van der Waals surface area contributed by atoms with Crippen LogP contribution in [0.15, 0.2) is 24.3 Å². The molecule has 200 valence electrons. The zero-order valence-electron chi connectivity index (χ0n) is 20.9. The molecule has 0 amide bonds. The minimum Gasteiger partial charge on any atom is -0.493 e. The van der Waals surface area contributed by atoms with Crippen molar-refractivity contribution in [3.05, 3.63) is 52.9 Å². The molecule has 1 fully saturated rings. The maximum atomic E-state index is 14.7. The smallest absolute Gasteiger partial charge is 0.419 e. The van der Waals surface area contributed by atoms with Gasteiger partial charge in [-0.3, -0.25) is 0 Å². The molecule has 0 bridgehead atoms. The summed E-state index contributed by atoms with van der Waals surface area (Å²) in [5, 5.41) is 3.38. The van der Waals surface area contributed by atoms with Gasteiger partial charge in [0.25, 0.3) is 0 Å². The number of nitrogens with one attached hydrogen (secondary N) is 1. The predicted molar refractivity (Wildman–Crippen MR) is 128 cm³/mol. The minimum absolute atomic E-state index is 0.117. The number of methoxy groups -OCH3 is 1. The molecule has 0 unspecified atom stereocenters. The van der Waals surface area contributed by atoms with Crippen molar-refractivity contribution < 1.29 is 36.2 Å². The molecule has 0 radical (unpaired) electrons. The average Bonchev–Trinajstić information content (AvgIpc) is 2.80. The SMILES string of the molecule is COc1cc2nc(C)nc(N[C@H](C)c3cc(F)cc(C(F)(F)F)c3F)c2cc1OCCOC1(C)CCC1. The summed E-state index contributed by atoms with van der Waals surface area (Å²) in [6.07, 6.45) is -1.89. The highest BCUT2D eigenvalue weighted by Crippen LogP contribution is 2.38. The van der Waals surface area contributed by atoms with Gasteiger partial charge in [0.1, 0.15) is 29.9 Å². The van der Waals surface area contributed by atoms with Crippen LogP contribution in [0.4, 0.5) is 27.8 Å². The third kappa shape index (κ3) is 5.87. The van der Waals surface area contributed by atoms with Crippen molar-refractivity contribution in [1.29, 1.82) is 0 Å². The summed E-state index contributed by atoms with van der Waals surface area (Å²) in [5.41, 5.74) is -1.80. The fourth-order valence-corrected chi connectivity index (χ4v) is 4.31. The monoisotopic (exact) mass is 525 g/mol. The summed E-state index contributed by atoms with van der Waals surface area (Å²) >= 11 is 0. The zero-order chi connectivity index (χ0) is 27.0. The number of nitrogens with zero attached hydrogens (tertiary/aromatic N) is 2. The molecular weight excluding hydrogens is 497 g/mol. The number of halogens is 5. The van der Waals surface area contributed by atoms with E-state index in [1.807, 2.05) is 0 Å². The van der Waals surface area contributed by atoms with Crippen molar-refractivity contribution >= 4 is 16.7 Å². The van der Waals surface area contributed by atoms with Gasteiger partial charge in [-0.05, 0) is 58.2 Å². The lowest BCUT2D eigenvalue weighted by molar-refractivity contribution is -0.140. The van der Waals surface area contributed by atoms with Crippen molar-refractivity contribution in [2.45, 2.75) is 57.9 Å². The van der Waals surface area contributed by atoms with Gasteiger partial charge in [0, 0.05) is 17.0 Å². The van der Waals surface area contributed by atoms with Gasteiger partial charge in [0.15, 0.2) is 11.5 Å². The van der Waals surface area contributed by atoms with E-state index in [0.717, 1.165) is 25.3 Å². The van der Waals surface area contributed by atoms with Gasteiger partial charge in [0.2, 0.25) is 0 Å².